The fourth-order valence-electron chi connectivity index (χ4n) is 8.15. The molecule has 3 fully saturated rings. The number of rotatable bonds is 13. The van der Waals surface area contributed by atoms with Crippen LogP contribution in [0.1, 0.15) is 84.0 Å². The lowest BCUT2D eigenvalue weighted by molar-refractivity contribution is -0.136. The van der Waals surface area contributed by atoms with Crippen LogP contribution in [0.25, 0.3) is 0 Å². The first-order chi connectivity index (χ1) is 26.9. The molecule has 1 aliphatic carbocycles. The molecule has 1 spiro atoms. The number of nitrogens with zero attached hydrogens (tertiary/aromatic N) is 4. The summed E-state index contributed by atoms with van der Waals surface area (Å²) in [6.07, 6.45) is 3.55. The summed E-state index contributed by atoms with van der Waals surface area (Å²) in [6, 6.07) is 22.2. The Morgan fingerprint density at radius 3 is 2.23 bits per heavy atom. The molecule has 1 aromatic heterocycles. The van der Waals surface area contributed by atoms with Crippen LogP contribution in [0.3, 0.4) is 0 Å². The SMILES string of the molecule is CC(CNc1ccc2c(c1)C(=O)N(C1CCC(=O)NC1=O)C2=O)COc1ccc(C(C)(C)c2ccc(OCc3ccnc(N4CC5(CC(O)C5)C4)n3)cc2)cc1. The van der Waals surface area contributed by atoms with Crippen LogP contribution in [-0.4, -0.2) is 82.0 Å². The molecule has 8 rings (SSSR count). The van der Waals surface area contributed by atoms with Gasteiger partial charge in [-0.3, -0.25) is 29.4 Å². The normalized spacial score (nSPS) is 19.6. The molecule has 2 unspecified atom stereocenters. The van der Waals surface area contributed by atoms with Gasteiger partial charge in [0.15, 0.2) is 0 Å². The molecular weight excluding hydrogens is 713 g/mol. The van der Waals surface area contributed by atoms with E-state index in [1.54, 1.807) is 24.4 Å². The van der Waals surface area contributed by atoms with E-state index in [-0.39, 0.29) is 46.8 Å². The Balaban J connectivity index is 0.797. The van der Waals surface area contributed by atoms with Crippen LogP contribution in [-0.2, 0) is 21.6 Å². The van der Waals surface area contributed by atoms with Crippen molar-refractivity contribution in [2.24, 2.45) is 11.3 Å². The van der Waals surface area contributed by atoms with Gasteiger partial charge in [-0.15, -0.1) is 0 Å². The van der Waals surface area contributed by atoms with Gasteiger partial charge in [-0.25, -0.2) is 9.97 Å². The second-order valence-corrected chi connectivity index (χ2v) is 16.2. The minimum Gasteiger partial charge on any atom is -0.493 e. The fraction of sp³-hybridized carbons (Fsp3) is 0.395. The molecule has 0 radical (unpaired) electrons. The topological polar surface area (TPSA) is 163 Å². The van der Waals surface area contributed by atoms with Gasteiger partial charge in [-0.05, 0) is 78.9 Å². The van der Waals surface area contributed by atoms with Crippen molar-refractivity contribution >= 4 is 35.3 Å². The Morgan fingerprint density at radius 2 is 1.57 bits per heavy atom. The molecule has 1 saturated carbocycles. The minimum absolute atomic E-state index is 0.0762. The number of benzene rings is 3. The lowest BCUT2D eigenvalue weighted by Gasteiger charge is -2.57. The van der Waals surface area contributed by atoms with Crippen molar-refractivity contribution in [3.05, 3.63) is 107 Å². The average Bonchev–Trinajstić information content (AvgIpc) is 3.41. The van der Waals surface area contributed by atoms with Gasteiger partial charge in [0.2, 0.25) is 17.8 Å². The number of hydrogen-bond acceptors (Lipinski definition) is 11. The third kappa shape index (κ3) is 7.30. The van der Waals surface area contributed by atoms with Crippen LogP contribution in [0.15, 0.2) is 79.0 Å². The van der Waals surface area contributed by atoms with Crippen LogP contribution >= 0.6 is 0 Å². The van der Waals surface area contributed by atoms with Gasteiger partial charge in [0, 0.05) is 54.7 Å². The van der Waals surface area contributed by atoms with E-state index in [0.717, 1.165) is 59.2 Å². The Kier molecular flexibility index (Phi) is 9.73. The molecule has 2 saturated heterocycles. The minimum atomic E-state index is -0.995. The standard InChI is InChI=1S/C43H46N6O7/c1-26(21-45-29-8-13-34-35(18-29)40(54)49(39(34)53)36-14-15-37(51)47-38(36)52)22-55-32-9-4-27(5-10-32)42(2,3)28-6-11-33(12-7-28)56-23-30-16-17-44-41(46-30)48-24-43(25-48)19-31(50)20-43/h4-13,16-18,26,31,36,45,50H,14-15,19-25H2,1-3H3,(H,47,51,52). The maximum atomic E-state index is 13.2. The van der Waals surface area contributed by atoms with E-state index in [1.165, 1.54) is 0 Å². The first kappa shape index (κ1) is 37.1. The number of ether oxygens (including phenoxy) is 2. The fourth-order valence-corrected chi connectivity index (χ4v) is 8.15. The summed E-state index contributed by atoms with van der Waals surface area (Å²) in [5, 5.41) is 15.2. The lowest BCUT2D eigenvalue weighted by Crippen LogP contribution is -2.64. The van der Waals surface area contributed by atoms with E-state index >= 15 is 0 Å². The summed E-state index contributed by atoms with van der Waals surface area (Å²) < 4.78 is 12.2. The van der Waals surface area contributed by atoms with Gasteiger partial charge in [0.05, 0.1) is 29.5 Å². The molecule has 13 nitrogen and oxygen atoms in total. The van der Waals surface area contributed by atoms with Crippen LogP contribution in [0.2, 0.25) is 0 Å². The molecule has 4 aromatic rings. The molecule has 290 valence electrons. The predicted molar refractivity (Wildman–Crippen MR) is 208 cm³/mol. The number of imide groups is 2. The van der Waals surface area contributed by atoms with E-state index in [4.69, 9.17) is 14.5 Å². The number of anilines is 2. The van der Waals surface area contributed by atoms with Crippen molar-refractivity contribution in [1.29, 1.82) is 0 Å². The summed E-state index contributed by atoms with van der Waals surface area (Å²) in [5.74, 6) is 0.263. The Labute approximate surface area is 325 Å². The summed E-state index contributed by atoms with van der Waals surface area (Å²) in [4.78, 5) is 62.4. The second kappa shape index (κ2) is 14.7. The van der Waals surface area contributed by atoms with Crippen LogP contribution in [0.4, 0.5) is 11.6 Å². The molecule has 3 aliphatic heterocycles. The van der Waals surface area contributed by atoms with Gasteiger partial charge < -0.3 is 24.8 Å². The molecule has 56 heavy (non-hydrogen) atoms. The second-order valence-electron chi connectivity index (χ2n) is 16.2. The van der Waals surface area contributed by atoms with Crippen LogP contribution in [0, 0.1) is 11.3 Å². The molecule has 4 amide bonds. The third-order valence-corrected chi connectivity index (χ3v) is 11.5. The number of piperidine rings is 1. The smallest absolute Gasteiger partial charge is 0.262 e. The van der Waals surface area contributed by atoms with E-state index in [1.807, 2.05) is 30.3 Å². The van der Waals surface area contributed by atoms with Crippen molar-refractivity contribution in [2.75, 3.05) is 36.5 Å². The monoisotopic (exact) mass is 758 g/mol. The highest BCUT2D eigenvalue weighted by Crippen LogP contribution is 2.49. The molecule has 3 N–H and O–H groups in total. The summed E-state index contributed by atoms with van der Waals surface area (Å²) in [5.41, 5.74) is 4.26. The maximum Gasteiger partial charge on any atom is 0.262 e. The van der Waals surface area contributed by atoms with Gasteiger partial charge in [0.1, 0.15) is 24.1 Å². The van der Waals surface area contributed by atoms with E-state index < -0.39 is 29.7 Å². The summed E-state index contributed by atoms with van der Waals surface area (Å²) in [7, 11) is 0. The van der Waals surface area contributed by atoms with E-state index in [0.29, 0.717) is 31.4 Å². The highest BCUT2D eigenvalue weighted by Gasteiger charge is 2.52. The number of aliphatic hydroxyl groups is 1. The number of hydrogen-bond donors (Lipinski definition) is 3. The molecule has 3 aromatic carbocycles. The van der Waals surface area contributed by atoms with Crippen molar-refractivity contribution < 1.29 is 33.8 Å². The van der Waals surface area contributed by atoms with E-state index in [2.05, 4.69) is 65.6 Å². The average molecular weight is 759 g/mol. The van der Waals surface area contributed by atoms with Gasteiger partial charge in [-0.1, -0.05) is 45.0 Å². The number of amides is 4. The molecule has 0 bridgehead atoms. The Morgan fingerprint density at radius 1 is 0.911 bits per heavy atom. The third-order valence-electron chi connectivity index (χ3n) is 11.5. The van der Waals surface area contributed by atoms with Crippen molar-refractivity contribution in [3.63, 3.8) is 0 Å². The van der Waals surface area contributed by atoms with Gasteiger partial charge in [0.25, 0.3) is 11.8 Å². The van der Waals surface area contributed by atoms with Gasteiger partial charge >= 0.3 is 0 Å². The first-order valence-electron chi connectivity index (χ1n) is 19.2. The highest BCUT2D eigenvalue weighted by atomic mass is 16.5. The van der Waals surface area contributed by atoms with Crippen LogP contribution in [0.5, 0.6) is 11.5 Å². The lowest BCUT2D eigenvalue weighted by atomic mass is 9.62. The molecule has 2 atom stereocenters. The quantitative estimate of drug-likeness (QED) is 0.160. The summed E-state index contributed by atoms with van der Waals surface area (Å²) >= 11 is 0. The first-order valence-corrected chi connectivity index (χ1v) is 19.2. The number of carbonyl (C=O) groups is 4. The van der Waals surface area contributed by atoms with Crippen molar-refractivity contribution in [1.82, 2.24) is 20.2 Å². The number of fused-ring (bicyclic) bond motifs is 1. The molecule has 4 aliphatic rings. The van der Waals surface area contributed by atoms with E-state index in [9.17, 15) is 24.3 Å². The highest BCUT2D eigenvalue weighted by molar-refractivity contribution is 6.23. The number of nitrogens with one attached hydrogen (secondary N) is 2. The summed E-state index contributed by atoms with van der Waals surface area (Å²) in [6.45, 7) is 9.59. The Hall–Kier alpha value is -5.82. The van der Waals surface area contributed by atoms with Crippen molar-refractivity contribution in [2.45, 2.75) is 70.6 Å². The number of aliphatic hydroxyl groups excluding tert-OH is 1. The van der Waals surface area contributed by atoms with Crippen LogP contribution < -0.4 is 25.0 Å². The zero-order valence-electron chi connectivity index (χ0n) is 31.8. The number of aromatic nitrogens is 2. The maximum absolute atomic E-state index is 13.2. The zero-order chi connectivity index (χ0) is 39.2. The molecule has 13 heteroatoms. The van der Waals surface area contributed by atoms with Gasteiger partial charge in [-0.2, -0.15) is 0 Å². The predicted octanol–water partition coefficient (Wildman–Crippen LogP) is 4.87. The number of carbonyl (C=O) groups excluding carboxylic acids is 4. The molecular formula is C43H46N6O7. The largest absolute Gasteiger partial charge is 0.493 e. The van der Waals surface area contributed by atoms with Crippen molar-refractivity contribution in [3.8, 4) is 11.5 Å². The molecule has 4 heterocycles. The zero-order valence-corrected chi connectivity index (χ0v) is 31.8. The Bertz CT molecular complexity index is 2160.